The van der Waals surface area contributed by atoms with Gasteiger partial charge in [0.1, 0.15) is 34.9 Å². The van der Waals surface area contributed by atoms with Crippen molar-refractivity contribution in [2.24, 2.45) is 23.7 Å². The van der Waals surface area contributed by atoms with Gasteiger partial charge in [-0.15, -0.1) is 0 Å². The van der Waals surface area contributed by atoms with Gasteiger partial charge in [0, 0.05) is 53.9 Å². The van der Waals surface area contributed by atoms with E-state index < -0.39 is 95.8 Å². The zero-order valence-corrected chi connectivity index (χ0v) is 34.5. The zero-order chi connectivity index (χ0) is 43.7. The van der Waals surface area contributed by atoms with Crippen LogP contribution in [0.1, 0.15) is 83.8 Å². The molecule has 0 saturated heterocycles. The molecule has 0 saturated carbocycles. The number of aliphatic hydroxyl groups excluding tert-OH is 3. The number of hydrogen-bond acceptors (Lipinski definition) is 15. The molecule has 0 unspecified atom stereocenters. The zero-order valence-electron chi connectivity index (χ0n) is 34.5. The number of benzene rings is 1. The number of ether oxygens (including phenoxy) is 5. The first-order valence-corrected chi connectivity index (χ1v) is 18.7. The third kappa shape index (κ3) is 8.74. The van der Waals surface area contributed by atoms with Crippen LogP contribution in [0.5, 0.6) is 11.5 Å². The summed E-state index contributed by atoms with van der Waals surface area (Å²) in [5.74, 6) is -9.71. The highest BCUT2D eigenvalue weighted by Crippen LogP contribution is 2.53. The van der Waals surface area contributed by atoms with Crippen LogP contribution >= 0.6 is 0 Å². The van der Waals surface area contributed by atoms with Crippen molar-refractivity contribution >= 4 is 40.9 Å². The molecule has 4 bridgehead atoms. The van der Waals surface area contributed by atoms with Crippen molar-refractivity contribution < 1.29 is 73.2 Å². The van der Waals surface area contributed by atoms with Gasteiger partial charge < -0.3 is 54.5 Å². The predicted octanol–water partition coefficient (Wildman–Crippen LogP) is 3.68. The van der Waals surface area contributed by atoms with Crippen LogP contribution in [0, 0.1) is 30.6 Å². The van der Waals surface area contributed by atoms with Gasteiger partial charge in [0.25, 0.3) is 5.91 Å². The van der Waals surface area contributed by atoms with Gasteiger partial charge in [-0.2, -0.15) is 0 Å². The minimum absolute atomic E-state index is 0.00972. The molecule has 0 spiro atoms. The largest absolute Gasteiger partial charge is 0.505 e. The van der Waals surface area contributed by atoms with E-state index in [-0.39, 0.29) is 61.9 Å². The molecule has 3 aliphatic heterocycles. The van der Waals surface area contributed by atoms with Gasteiger partial charge in [0.2, 0.25) is 6.79 Å². The number of methoxy groups -OCH3 is 1. The second kappa shape index (κ2) is 17.7. The lowest BCUT2D eigenvalue weighted by atomic mass is 9.75. The summed E-state index contributed by atoms with van der Waals surface area (Å²) < 4.78 is 28.0. The van der Waals surface area contributed by atoms with Crippen molar-refractivity contribution in [1.82, 2.24) is 0 Å². The molecule has 1 aromatic carbocycles. The number of phenols is 1. The number of aromatic hydroxyl groups is 1. The Bertz CT molecular complexity index is 2040. The summed E-state index contributed by atoms with van der Waals surface area (Å²) in [6.45, 7) is 13.4. The highest BCUT2D eigenvalue weighted by molar-refractivity contribution is 6.21. The number of esters is 3. The Kier molecular flexibility index (Phi) is 13.8. The Morgan fingerprint density at radius 2 is 1.52 bits per heavy atom. The van der Waals surface area contributed by atoms with E-state index in [4.69, 9.17) is 23.7 Å². The van der Waals surface area contributed by atoms with Crippen LogP contribution in [0.2, 0.25) is 0 Å². The fraction of sp³-hybridized carbons (Fsp3) is 0.500. The number of carbonyl (C=O) groups is 5. The Hall–Kier alpha value is -5.29. The van der Waals surface area contributed by atoms with Crippen LogP contribution in [0.25, 0.3) is 5.57 Å². The first-order chi connectivity index (χ1) is 27.0. The minimum Gasteiger partial charge on any atom is -0.505 e. The molecule has 3 heterocycles. The van der Waals surface area contributed by atoms with Crippen molar-refractivity contribution in [1.29, 1.82) is 0 Å². The summed E-state index contributed by atoms with van der Waals surface area (Å²) in [7, 11) is 1.06. The summed E-state index contributed by atoms with van der Waals surface area (Å²) in [6.07, 6.45) is -0.811. The van der Waals surface area contributed by atoms with Gasteiger partial charge in [-0.1, -0.05) is 39.0 Å². The quantitative estimate of drug-likeness (QED) is 0.145. The number of phenolic OH excluding ortho intramolecular Hbond substituents is 1. The standard InChI is InChI=1S/C42H53NO15/c1-17-13-12-14-18(2)40(51)43-30-20(4)37(57-24(8)44)26-27(34(30)49)33(48)22(6)36-28(26)35(55-16-56-36)19(3)15-42(10,53)39(50)23(7)38(58-25(9)45)29(41(52)54-11)32(47)21(5)31(17)46/h12-15,17,21,23,29,31-32,38-39,46-47,49-50,53H,16H2,1-11H3,(H,43,51)/t17-,21+,23-,29+,31-,32-,38-,39-,42+/m1/s1. The van der Waals surface area contributed by atoms with Gasteiger partial charge in [-0.05, 0) is 46.3 Å². The van der Waals surface area contributed by atoms with Crippen LogP contribution in [0.4, 0.5) is 5.69 Å². The average molecular weight is 812 g/mol. The number of aliphatic hydroxyl groups is 4. The molecule has 16 heteroatoms. The van der Waals surface area contributed by atoms with Gasteiger partial charge in [0.15, 0.2) is 11.5 Å². The van der Waals surface area contributed by atoms with Crippen LogP contribution < -0.4 is 10.1 Å². The fourth-order valence-electron chi connectivity index (χ4n) is 7.63. The SMILES string of the molecule is COC(=O)[C@H]1[C@H](O)[C@@H](C)[C@H](O)[C@H](C)C=CC=C(C)C(=O)Nc2c(C)c(OC(C)=O)c3c(c2O)C(=O)C(C)=C2OCOC(=C23)C(C)=C[C@](C)(O)[C@H](O)[C@H](C)[C@H]1OC(C)=O. The van der Waals surface area contributed by atoms with Crippen LogP contribution in [-0.4, -0.2) is 99.1 Å². The molecular formula is C42H53NO15. The number of rotatable bonds is 3. The molecule has 1 amide bonds. The Morgan fingerprint density at radius 1 is 0.897 bits per heavy atom. The minimum atomic E-state index is -2.22. The van der Waals surface area contributed by atoms with Crippen molar-refractivity contribution in [3.05, 3.63) is 69.2 Å². The molecule has 1 aliphatic carbocycles. The predicted molar refractivity (Wildman–Crippen MR) is 208 cm³/mol. The lowest BCUT2D eigenvalue weighted by Crippen LogP contribution is -2.54. The summed E-state index contributed by atoms with van der Waals surface area (Å²) in [5.41, 5.74) is -2.49. The second-order valence-electron chi connectivity index (χ2n) is 15.3. The molecule has 316 valence electrons. The number of allylic oxidation sites excluding steroid dienone is 5. The van der Waals surface area contributed by atoms with Crippen LogP contribution in [0.15, 0.2) is 52.5 Å². The number of nitrogens with one attached hydrogen (secondary N) is 1. The molecule has 1 aromatic rings. The van der Waals surface area contributed by atoms with E-state index in [9.17, 15) is 49.5 Å². The lowest BCUT2D eigenvalue weighted by Gasteiger charge is -2.40. The third-order valence-electron chi connectivity index (χ3n) is 10.9. The number of amides is 1. The maximum absolute atomic E-state index is 14.0. The lowest BCUT2D eigenvalue weighted by molar-refractivity contribution is -0.181. The summed E-state index contributed by atoms with van der Waals surface area (Å²) in [6, 6.07) is 0. The molecule has 0 radical (unpaired) electrons. The van der Waals surface area contributed by atoms with E-state index >= 15 is 0 Å². The van der Waals surface area contributed by atoms with E-state index in [1.54, 1.807) is 13.0 Å². The van der Waals surface area contributed by atoms with E-state index in [0.717, 1.165) is 21.0 Å². The summed E-state index contributed by atoms with van der Waals surface area (Å²) in [4.78, 5) is 66.1. The first-order valence-electron chi connectivity index (χ1n) is 18.7. The number of fused-ring (bicyclic) bond motifs is 14. The van der Waals surface area contributed by atoms with Gasteiger partial charge in [-0.25, -0.2) is 0 Å². The van der Waals surface area contributed by atoms with Crippen LogP contribution in [-0.2, 0) is 38.1 Å². The molecule has 0 aromatic heterocycles. The van der Waals surface area contributed by atoms with Crippen molar-refractivity contribution in [3.8, 4) is 11.5 Å². The van der Waals surface area contributed by atoms with Crippen LogP contribution in [0.3, 0.4) is 0 Å². The number of anilines is 1. The topological polar surface area (TPSA) is 245 Å². The third-order valence-corrected chi connectivity index (χ3v) is 10.9. The Labute approximate surface area is 336 Å². The number of carbonyl (C=O) groups excluding carboxylic acids is 5. The normalized spacial score (nSPS) is 29.7. The molecule has 6 N–H and O–H groups in total. The van der Waals surface area contributed by atoms with Crippen molar-refractivity contribution in [2.45, 2.75) is 99.3 Å². The molecule has 9 atom stereocenters. The maximum Gasteiger partial charge on any atom is 0.315 e. The fourth-order valence-corrected chi connectivity index (χ4v) is 7.63. The van der Waals surface area contributed by atoms with E-state index in [1.807, 2.05) is 0 Å². The molecule has 4 aliphatic rings. The van der Waals surface area contributed by atoms with Gasteiger partial charge >= 0.3 is 17.9 Å². The maximum atomic E-state index is 14.0. The van der Waals surface area contributed by atoms with Gasteiger partial charge in [-0.3, -0.25) is 24.0 Å². The number of ketones is 1. The number of Topliss-reactive ketones (excluding diaryl/α,β-unsaturated/α-hetero) is 1. The highest BCUT2D eigenvalue weighted by atomic mass is 16.7. The molecule has 5 rings (SSSR count). The van der Waals surface area contributed by atoms with Gasteiger partial charge in [0.05, 0.1) is 42.2 Å². The summed E-state index contributed by atoms with van der Waals surface area (Å²) >= 11 is 0. The van der Waals surface area contributed by atoms with E-state index in [0.29, 0.717) is 0 Å². The Balaban J connectivity index is 2.10. The monoisotopic (exact) mass is 811 g/mol. The molecule has 0 fully saturated rings. The number of hydrogen-bond donors (Lipinski definition) is 6. The second-order valence-corrected chi connectivity index (χ2v) is 15.3. The molecule has 58 heavy (non-hydrogen) atoms. The van der Waals surface area contributed by atoms with E-state index in [1.165, 1.54) is 66.7 Å². The average Bonchev–Trinajstić information content (AvgIpc) is 3.16. The van der Waals surface area contributed by atoms with Crippen molar-refractivity contribution in [3.63, 3.8) is 0 Å². The van der Waals surface area contributed by atoms with Crippen molar-refractivity contribution in [2.75, 3.05) is 19.2 Å². The highest BCUT2D eigenvalue weighted by Gasteiger charge is 2.49. The van der Waals surface area contributed by atoms with E-state index in [2.05, 4.69) is 5.32 Å². The molecular weight excluding hydrogens is 758 g/mol. The first kappa shape index (κ1) is 45.4. The Morgan fingerprint density at radius 3 is 2.10 bits per heavy atom. The summed E-state index contributed by atoms with van der Waals surface area (Å²) in [5, 5.41) is 61.2. The molecule has 16 nitrogen and oxygen atoms in total. The smallest absolute Gasteiger partial charge is 0.315 e.